The fourth-order valence-corrected chi connectivity index (χ4v) is 1.28. The van der Waals surface area contributed by atoms with Gasteiger partial charge in [0, 0.05) is 17.8 Å². The number of halogens is 2. The monoisotopic (exact) mass is 220 g/mol. The maximum atomic E-state index is 13.4. The minimum Gasteiger partial charge on any atom is -0.294 e. The molecule has 0 unspecified atom stereocenters. The molecule has 1 aromatic carbocycles. The van der Waals surface area contributed by atoms with Crippen LogP contribution in [-0.4, -0.2) is 16.3 Å². The van der Waals surface area contributed by atoms with Crippen molar-refractivity contribution in [2.75, 3.05) is 0 Å². The molecule has 0 N–H and O–H groups in total. The van der Waals surface area contributed by atoms with Crippen molar-refractivity contribution in [2.24, 2.45) is 0 Å². The van der Waals surface area contributed by atoms with Crippen LogP contribution in [0.25, 0.3) is 11.3 Å². The SMILES string of the molecule is O=Cc1nccc(-c2ccc(F)cc2F)n1. The van der Waals surface area contributed by atoms with Crippen molar-refractivity contribution in [1.29, 1.82) is 0 Å². The number of hydrogen-bond donors (Lipinski definition) is 0. The highest BCUT2D eigenvalue weighted by Crippen LogP contribution is 2.20. The summed E-state index contributed by atoms with van der Waals surface area (Å²) >= 11 is 0. The number of hydrogen-bond acceptors (Lipinski definition) is 3. The summed E-state index contributed by atoms with van der Waals surface area (Å²) < 4.78 is 26.1. The Morgan fingerprint density at radius 1 is 1.19 bits per heavy atom. The molecule has 0 aliphatic heterocycles. The molecule has 0 atom stereocenters. The molecule has 0 aliphatic rings. The summed E-state index contributed by atoms with van der Waals surface area (Å²) in [5.74, 6) is -1.43. The molecule has 16 heavy (non-hydrogen) atoms. The van der Waals surface area contributed by atoms with Crippen LogP contribution in [0.2, 0.25) is 0 Å². The summed E-state index contributed by atoms with van der Waals surface area (Å²) in [6.07, 6.45) is 1.81. The average Bonchev–Trinajstić information content (AvgIpc) is 2.29. The van der Waals surface area contributed by atoms with Crippen LogP contribution in [0.1, 0.15) is 10.6 Å². The summed E-state index contributed by atoms with van der Waals surface area (Å²) in [6.45, 7) is 0. The Bertz CT molecular complexity index is 543. The van der Waals surface area contributed by atoms with Gasteiger partial charge in [-0.2, -0.15) is 0 Å². The van der Waals surface area contributed by atoms with E-state index in [2.05, 4.69) is 9.97 Å². The van der Waals surface area contributed by atoms with Gasteiger partial charge in [-0.25, -0.2) is 18.7 Å². The Morgan fingerprint density at radius 2 is 2.00 bits per heavy atom. The molecule has 0 bridgehead atoms. The van der Waals surface area contributed by atoms with Crippen LogP contribution in [-0.2, 0) is 0 Å². The topological polar surface area (TPSA) is 42.9 Å². The van der Waals surface area contributed by atoms with Gasteiger partial charge >= 0.3 is 0 Å². The van der Waals surface area contributed by atoms with Crippen molar-refractivity contribution in [2.45, 2.75) is 0 Å². The second-order valence-electron chi connectivity index (χ2n) is 3.04. The zero-order chi connectivity index (χ0) is 11.5. The first-order valence-corrected chi connectivity index (χ1v) is 4.44. The molecule has 0 saturated heterocycles. The quantitative estimate of drug-likeness (QED) is 0.729. The van der Waals surface area contributed by atoms with Crippen LogP contribution in [0.15, 0.2) is 30.5 Å². The third kappa shape index (κ3) is 1.93. The third-order valence-corrected chi connectivity index (χ3v) is 1.99. The number of carbonyl (C=O) groups is 1. The van der Waals surface area contributed by atoms with Crippen LogP contribution in [0.4, 0.5) is 8.78 Å². The maximum absolute atomic E-state index is 13.4. The molecular weight excluding hydrogens is 214 g/mol. The largest absolute Gasteiger partial charge is 0.294 e. The van der Waals surface area contributed by atoms with Crippen LogP contribution in [0.3, 0.4) is 0 Å². The van der Waals surface area contributed by atoms with Crippen LogP contribution in [0.5, 0.6) is 0 Å². The van der Waals surface area contributed by atoms with Crippen LogP contribution >= 0.6 is 0 Å². The summed E-state index contributed by atoms with van der Waals surface area (Å²) in [5, 5.41) is 0. The van der Waals surface area contributed by atoms with Crippen molar-refractivity contribution >= 4 is 6.29 Å². The number of nitrogens with zero attached hydrogens (tertiary/aromatic N) is 2. The Morgan fingerprint density at radius 3 is 2.69 bits per heavy atom. The van der Waals surface area contributed by atoms with Crippen molar-refractivity contribution in [1.82, 2.24) is 9.97 Å². The molecule has 2 aromatic rings. The summed E-state index contributed by atoms with van der Waals surface area (Å²) in [5.41, 5.74) is 0.376. The van der Waals surface area contributed by atoms with Gasteiger partial charge < -0.3 is 0 Å². The van der Waals surface area contributed by atoms with E-state index in [0.29, 0.717) is 6.29 Å². The molecule has 3 nitrogen and oxygen atoms in total. The Hall–Kier alpha value is -2.17. The zero-order valence-corrected chi connectivity index (χ0v) is 8.02. The number of aromatic nitrogens is 2. The standard InChI is InChI=1S/C11H6F2N2O/c12-7-1-2-8(9(13)5-7)10-3-4-14-11(6-16)15-10/h1-6H. The summed E-state index contributed by atoms with van der Waals surface area (Å²) in [6, 6.07) is 4.60. The second-order valence-corrected chi connectivity index (χ2v) is 3.04. The molecule has 0 amide bonds. The highest BCUT2D eigenvalue weighted by atomic mass is 19.1. The summed E-state index contributed by atoms with van der Waals surface area (Å²) in [7, 11) is 0. The molecular formula is C11H6F2N2O. The van der Waals surface area contributed by atoms with Gasteiger partial charge in [0.05, 0.1) is 5.69 Å². The van der Waals surface area contributed by atoms with Gasteiger partial charge in [0.2, 0.25) is 0 Å². The first-order valence-electron chi connectivity index (χ1n) is 4.44. The maximum Gasteiger partial charge on any atom is 0.193 e. The predicted octanol–water partition coefficient (Wildman–Crippen LogP) is 2.23. The number of carbonyl (C=O) groups excluding carboxylic acids is 1. The Labute approximate surface area is 89.8 Å². The van der Waals surface area contributed by atoms with E-state index >= 15 is 0 Å². The highest BCUT2D eigenvalue weighted by Gasteiger charge is 2.08. The van der Waals surface area contributed by atoms with Crippen molar-refractivity contribution < 1.29 is 13.6 Å². The van der Waals surface area contributed by atoms with E-state index in [1.54, 1.807) is 0 Å². The molecule has 0 spiro atoms. The Kier molecular flexibility index (Phi) is 2.68. The van der Waals surface area contributed by atoms with Crippen molar-refractivity contribution in [3.63, 3.8) is 0 Å². The highest BCUT2D eigenvalue weighted by molar-refractivity contribution is 5.71. The molecule has 1 heterocycles. The van der Waals surface area contributed by atoms with Gasteiger partial charge in [0.25, 0.3) is 0 Å². The number of benzene rings is 1. The molecule has 2 rings (SSSR count). The van der Waals surface area contributed by atoms with E-state index in [1.165, 1.54) is 18.3 Å². The second kappa shape index (κ2) is 4.14. The van der Waals surface area contributed by atoms with Gasteiger partial charge in [0.15, 0.2) is 12.1 Å². The normalized spacial score (nSPS) is 10.1. The molecule has 1 aromatic heterocycles. The van der Waals surface area contributed by atoms with Gasteiger partial charge in [-0.1, -0.05) is 0 Å². The number of rotatable bonds is 2. The first kappa shape index (κ1) is 10.4. The lowest BCUT2D eigenvalue weighted by molar-refractivity contribution is 0.111. The van der Waals surface area contributed by atoms with E-state index in [9.17, 15) is 13.6 Å². The van der Waals surface area contributed by atoms with Gasteiger partial charge in [-0.05, 0) is 18.2 Å². The summed E-state index contributed by atoms with van der Waals surface area (Å²) in [4.78, 5) is 17.9. The Balaban J connectivity index is 2.53. The van der Waals surface area contributed by atoms with E-state index in [4.69, 9.17) is 0 Å². The van der Waals surface area contributed by atoms with E-state index in [-0.39, 0.29) is 17.1 Å². The fraction of sp³-hybridized carbons (Fsp3) is 0. The lowest BCUT2D eigenvalue weighted by atomic mass is 10.1. The molecule has 0 fully saturated rings. The zero-order valence-electron chi connectivity index (χ0n) is 8.02. The van der Waals surface area contributed by atoms with Crippen molar-refractivity contribution in [3.8, 4) is 11.3 Å². The molecule has 80 valence electrons. The molecule has 0 radical (unpaired) electrons. The first-order chi connectivity index (χ1) is 7.70. The lowest BCUT2D eigenvalue weighted by Crippen LogP contribution is -1.95. The minimum absolute atomic E-state index is 0.0405. The van der Waals surface area contributed by atoms with Gasteiger partial charge in [0.1, 0.15) is 11.6 Å². The van der Waals surface area contributed by atoms with Gasteiger partial charge in [-0.3, -0.25) is 4.79 Å². The fourth-order valence-electron chi connectivity index (χ4n) is 1.28. The number of aldehydes is 1. The molecule has 5 heteroatoms. The van der Waals surface area contributed by atoms with E-state index in [1.807, 2.05) is 0 Å². The third-order valence-electron chi connectivity index (χ3n) is 1.99. The lowest BCUT2D eigenvalue weighted by Gasteiger charge is -2.02. The predicted molar refractivity (Wildman–Crippen MR) is 52.8 cm³/mol. The minimum atomic E-state index is -0.726. The van der Waals surface area contributed by atoms with Crippen LogP contribution in [0, 0.1) is 11.6 Å². The average molecular weight is 220 g/mol. The van der Waals surface area contributed by atoms with Crippen molar-refractivity contribution in [3.05, 3.63) is 47.9 Å². The van der Waals surface area contributed by atoms with E-state index in [0.717, 1.165) is 12.1 Å². The molecule has 0 aliphatic carbocycles. The van der Waals surface area contributed by atoms with Crippen LogP contribution < -0.4 is 0 Å². The smallest absolute Gasteiger partial charge is 0.193 e. The van der Waals surface area contributed by atoms with E-state index < -0.39 is 11.6 Å². The molecule has 0 saturated carbocycles. The van der Waals surface area contributed by atoms with Gasteiger partial charge in [-0.15, -0.1) is 0 Å².